The molecular formula is C13H16N2O4. The number of carbonyl (C=O) groups is 1. The first-order valence-corrected chi connectivity index (χ1v) is 6.25. The first kappa shape index (κ1) is 13.3. The lowest BCUT2D eigenvalue weighted by Gasteiger charge is -2.26. The van der Waals surface area contributed by atoms with E-state index in [1.165, 1.54) is 25.0 Å². The van der Waals surface area contributed by atoms with E-state index in [4.69, 9.17) is 5.11 Å². The second-order valence-corrected chi connectivity index (χ2v) is 4.81. The van der Waals surface area contributed by atoms with Crippen molar-refractivity contribution < 1.29 is 14.8 Å². The molecule has 0 aromatic heterocycles. The third-order valence-electron chi connectivity index (χ3n) is 3.69. The molecule has 1 aliphatic carbocycles. The zero-order valence-corrected chi connectivity index (χ0v) is 10.7. The van der Waals surface area contributed by atoms with Crippen LogP contribution in [0.5, 0.6) is 0 Å². The van der Waals surface area contributed by atoms with Crippen LogP contribution in [0.25, 0.3) is 0 Å². The zero-order valence-electron chi connectivity index (χ0n) is 10.7. The summed E-state index contributed by atoms with van der Waals surface area (Å²) in [7, 11) is 1.90. The lowest BCUT2D eigenvalue weighted by molar-refractivity contribution is -0.385. The van der Waals surface area contributed by atoms with Crippen LogP contribution in [-0.2, 0) is 0 Å². The number of hydrogen-bond acceptors (Lipinski definition) is 4. The van der Waals surface area contributed by atoms with Crippen LogP contribution < -0.4 is 4.90 Å². The van der Waals surface area contributed by atoms with Crippen LogP contribution in [0.2, 0.25) is 0 Å². The van der Waals surface area contributed by atoms with Gasteiger partial charge in [0.15, 0.2) is 0 Å². The first-order chi connectivity index (χ1) is 9.00. The van der Waals surface area contributed by atoms with Gasteiger partial charge in [-0.15, -0.1) is 0 Å². The summed E-state index contributed by atoms with van der Waals surface area (Å²) in [6.45, 7) is 0. The molecule has 1 saturated carbocycles. The van der Waals surface area contributed by atoms with E-state index in [-0.39, 0.29) is 11.3 Å². The minimum atomic E-state index is -1.28. The van der Waals surface area contributed by atoms with Crippen LogP contribution in [0.3, 0.4) is 0 Å². The fourth-order valence-electron chi connectivity index (χ4n) is 2.57. The highest BCUT2D eigenvalue weighted by molar-refractivity contribution is 5.93. The van der Waals surface area contributed by atoms with E-state index in [0.29, 0.717) is 11.7 Å². The molecule has 0 saturated heterocycles. The van der Waals surface area contributed by atoms with Crippen LogP contribution in [0.4, 0.5) is 11.4 Å². The Morgan fingerprint density at radius 2 is 2.05 bits per heavy atom. The summed E-state index contributed by atoms with van der Waals surface area (Å²) in [5.74, 6) is -1.28. The number of carboxylic acid groups (broad SMARTS) is 1. The van der Waals surface area contributed by atoms with Gasteiger partial charge in [0.1, 0.15) is 5.56 Å². The van der Waals surface area contributed by atoms with Crippen molar-refractivity contribution in [2.45, 2.75) is 31.7 Å². The van der Waals surface area contributed by atoms with E-state index in [9.17, 15) is 14.9 Å². The summed E-state index contributed by atoms with van der Waals surface area (Å²) in [5, 5.41) is 19.9. The maximum absolute atomic E-state index is 10.9. The second kappa shape index (κ2) is 5.26. The Hall–Kier alpha value is -2.11. The molecule has 0 heterocycles. The third kappa shape index (κ3) is 2.67. The van der Waals surface area contributed by atoms with Crippen molar-refractivity contribution in [1.82, 2.24) is 0 Å². The largest absolute Gasteiger partial charge is 0.477 e. The van der Waals surface area contributed by atoms with Gasteiger partial charge in [-0.05, 0) is 25.0 Å². The van der Waals surface area contributed by atoms with Crippen molar-refractivity contribution in [3.05, 3.63) is 33.9 Å². The van der Waals surface area contributed by atoms with Gasteiger partial charge in [0.2, 0.25) is 0 Å². The number of hydrogen-bond donors (Lipinski definition) is 1. The number of nitro benzene ring substituents is 1. The molecule has 102 valence electrons. The number of nitro groups is 1. The summed E-state index contributed by atoms with van der Waals surface area (Å²) in [6.07, 6.45) is 4.49. The van der Waals surface area contributed by atoms with Crippen molar-refractivity contribution in [3.63, 3.8) is 0 Å². The molecule has 0 amide bonds. The Morgan fingerprint density at radius 3 is 2.58 bits per heavy atom. The van der Waals surface area contributed by atoms with E-state index in [2.05, 4.69) is 0 Å². The third-order valence-corrected chi connectivity index (χ3v) is 3.69. The quantitative estimate of drug-likeness (QED) is 0.667. The van der Waals surface area contributed by atoms with Crippen molar-refractivity contribution in [2.75, 3.05) is 11.9 Å². The molecular weight excluding hydrogens is 248 g/mol. The van der Waals surface area contributed by atoms with Gasteiger partial charge in [-0.1, -0.05) is 12.8 Å². The molecule has 0 bridgehead atoms. The molecule has 0 aliphatic heterocycles. The van der Waals surface area contributed by atoms with E-state index in [1.54, 1.807) is 6.07 Å². The van der Waals surface area contributed by atoms with Crippen LogP contribution in [0.15, 0.2) is 18.2 Å². The number of anilines is 1. The highest BCUT2D eigenvalue weighted by atomic mass is 16.6. The van der Waals surface area contributed by atoms with Gasteiger partial charge in [-0.3, -0.25) is 10.1 Å². The first-order valence-electron chi connectivity index (χ1n) is 6.25. The van der Waals surface area contributed by atoms with Gasteiger partial charge in [-0.25, -0.2) is 4.79 Å². The lowest BCUT2D eigenvalue weighted by atomic mass is 10.1. The van der Waals surface area contributed by atoms with Gasteiger partial charge in [0, 0.05) is 24.8 Å². The Kier molecular flexibility index (Phi) is 3.69. The number of benzene rings is 1. The molecule has 1 fully saturated rings. The van der Waals surface area contributed by atoms with E-state index in [0.717, 1.165) is 12.8 Å². The van der Waals surface area contributed by atoms with Crippen LogP contribution in [0.1, 0.15) is 36.0 Å². The highest BCUT2D eigenvalue weighted by Gasteiger charge is 2.24. The molecule has 2 rings (SSSR count). The summed E-state index contributed by atoms with van der Waals surface area (Å²) < 4.78 is 0. The van der Waals surface area contributed by atoms with Crippen LogP contribution >= 0.6 is 0 Å². The summed E-state index contributed by atoms with van der Waals surface area (Å²) in [6, 6.07) is 4.67. The molecule has 0 radical (unpaired) electrons. The predicted molar refractivity (Wildman–Crippen MR) is 70.7 cm³/mol. The monoisotopic (exact) mass is 264 g/mol. The number of rotatable bonds is 4. The maximum Gasteiger partial charge on any atom is 0.342 e. The normalized spacial score (nSPS) is 15.4. The Balaban J connectivity index is 2.34. The molecule has 0 atom stereocenters. The average molecular weight is 264 g/mol. The molecule has 1 aromatic rings. The summed E-state index contributed by atoms with van der Waals surface area (Å²) >= 11 is 0. The molecule has 1 aliphatic rings. The Morgan fingerprint density at radius 1 is 1.42 bits per heavy atom. The van der Waals surface area contributed by atoms with Crippen molar-refractivity contribution in [2.24, 2.45) is 0 Å². The van der Waals surface area contributed by atoms with E-state index < -0.39 is 10.9 Å². The predicted octanol–water partition coefficient (Wildman–Crippen LogP) is 2.67. The molecule has 0 spiro atoms. The minimum Gasteiger partial charge on any atom is -0.477 e. The highest BCUT2D eigenvalue weighted by Crippen LogP contribution is 2.30. The van der Waals surface area contributed by atoms with Crippen molar-refractivity contribution in [1.29, 1.82) is 0 Å². The fraction of sp³-hybridized carbons (Fsp3) is 0.462. The van der Waals surface area contributed by atoms with Crippen LogP contribution in [0, 0.1) is 10.1 Å². The smallest absolute Gasteiger partial charge is 0.342 e. The molecule has 6 nitrogen and oxygen atoms in total. The molecule has 19 heavy (non-hydrogen) atoms. The van der Waals surface area contributed by atoms with Gasteiger partial charge in [0.25, 0.3) is 5.69 Å². The molecule has 1 aromatic carbocycles. The van der Waals surface area contributed by atoms with Gasteiger partial charge >= 0.3 is 5.97 Å². The van der Waals surface area contributed by atoms with Crippen LogP contribution in [-0.4, -0.2) is 29.1 Å². The van der Waals surface area contributed by atoms with Gasteiger partial charge < -0.3 is 10.0 Å². The standard InChI is InChI=1S/C13H16N2O4/c1-14(9-4-2-3-5-9)10-6-7-11(13(16)17)12(8-10)15(18)19/h6-9H,2-5H2,1H3,(H,16,17). The number of aromatic carboxylic acids is 1. The lowest BCUT2D eigenvalue weighted by Crippen LogP contribution is -2.28. The second-order valence-electron chi connectivity index (χ2n) is 4.81. The Bertz CT molecular complexity index is 509. The van der Waals surface area contributed by atoms with Crippen molar-refractivity contribution in [3.8, 4) is 0 Å². The van der Waals surface area contributed by atoms with Crippen molar-refractivity contribution >= 4 is 17.3 Å². The topological polar surface area (TPSA) is 83.7 Å². The van der Waals surface area contributed by atoms with Gasteiger partial charge in [0.05, 0.1) is 4.92 Å². The van der Waals surface area contributed by atoms with E-state index in [1.807, 2.05) is 11.9 Å². The SMILES string of the molecule is CN(c1ccc(C(=O)O)c([N+](=O)[O-])c1)C1CCCC1. The number of nitrogens with zero attached hydrogens (tertiary/aromatic N) is 2. The zero-order chi connectivity index (χ0) is 14.0. The summed E-state index contributed by atoms with van der Waals surface area (Å²) in [5.41, 5.74) is 0.0759. The average Bonchev–Trinajstić information content (AvgIpc) is 2.90. The minimum absolute atomic E-state index is 0.270. The molecule has 1 N–H and O–H groups in total. The van der Waals surface area contributed by atoms with E-state index >= 15 is 0 Å². The Labute approximate surface area is 110 Å². The maximum atomic E-state index is 10.9. The fourth-order valence-corrected chi connectivity index (χ4v) is 2.57. The van der Waals surface area contributed by atoms with Gasteiger partial charge in [-0.2, -0.15) is 0 Å². The summed E-state index contributed by atoms with van der Waals surface area (Å²) in [4.78, 5) is 23.3. The number of carboxylic acids is 1. The molecule has 6 heteroatoms. The molecule has 0 unspecified atom stereocenters.